The summed E-state index contributed by atoms with van der Waals surface area (Å²) in [4.78, 5) is 12.3. The molecule has 5 nitrogen and oxygen atoms in total. The number of aryl methyl sites for hydroxylation is 1. The molecule has 1 aromatic heterocycles. The van der Waals surface area contributed by atoms with Crippen LogP contribution in [0, 0.1) is 12.3 Å². The number of carbonyl (C=O) groups is 1. The van der Waals surface area contributed by atoms with E-state index >= 15 is 0 Å². The molecule has 1 heterocycles. The Hall–Kier alpha value is -0.920. The molecule has 7 heteroatoms. The second-order valence-electron chi connectivity index (χ2n) is 4.98. The third-order valence-electron chi connectivity index (χ3n) is 3.60. The highest BCUT2D eigenvalue weighted by molar-refractivity contribution is 7.91. The first-order chi connectivity index (χ1) is 8.86. The fourth-order valence-electron chi connectivity index (χ4n) is 2.38. The van der Waals surface area contributed by atoms with Crippen molar-refractivity contribution in [2.45, 2.75) is 36.8 Å². The Kier molecular flexibility index (Phi) is 3.98. The van der Waals surface area contributed by atoms with Crippen LogP contribution >= 0.6 is 11.3 Å². The van der Waals surface area contributed by atoms with E-state index in [1.54, 1.807) is 12.1 Å². The predicted molar refractivity (Wildman–Crippen MR) is 72.8 cm³/mol. The number of sulfonamides is 1. The van der Waals surface area contributed by atoms with Crippen LogP contribution in [0.3, 0.4) is 0 Å². The molecule has 1 aliphatic rings. The lowest BCUT2D eigenvalue weighted by atomic mass is 9.87. The van der Waals surface area contributed by atoms with E-state index in [0.717, 1.165) is 17.7 Å². The molecule has 1 fully saturated rings. The summed E-state index contributed by atoms with van der Waals surface area (Å²) in [6.07, 6.45) is 2.75. The fourth-order valence-corrected chi connectivity index (χ4v) is 4.83. The maximum absolute atomic E-state index is 12.1. The van der Waals surface area contributed by atoms with Crippen LogP contribution in [0.25, 0.3) is 0 Å². The third-order valence-corrected chi connectivity index (χ3v) is 6.49. The van der Waals surface area contributed by atoms with Crippen molar-refractivity contribution in [1.29, 1.82) is 0 Å². The van der Waals surface area contributed by atoms with E-state index in [2.05, 4.69) is 4.72 Å². The number of nitrogens with one attached hydrogen (secondary N) is 1. The molecular formula is C12H17NO4S2. The van der Waals surface area contributed by atoms with Crippen LogP contribution in [0.2, 0.25) is 0 Å². The lowest BCUT2D eigenvalue weighted by Crippen LogP contribution is -2.41. The fraction of sp³-hybridized carbons (Fsp3) is 0.583. The van der Waals surface area contributed by atoms with Crippen molar-refractivity contribution in [3.63, 3.8) is 0 Å². The van der Waals surface area contributed by atoms with Gasteiger partial charge >= 0.3 is 5.97 Å². The Morgan fingerprint density at radius 1 is 1.42 bits per heavy atom. The van der Waals surface area contributed by atoms with Crippen molar-refractivity contribution in [2.75, 3.05) is 6.54 Å². The lowest BCUT2D eigenvalue weighted by molar-refractivity contribution is -0.148. The van der Waals surface area contributed by atoms with Gasteiger partial charge < -0.3 is 5.11 Å². The average Bonchev–Trinajstić information content (AvgIpc) is 2.96. The second kappa shape index (κ2) is 5.22. The van der Waals surface area contributed by atoms with E-state index in [-0.39, 0.29) is 10.8 Å². The molecular weight excluding hydrogens is 286 g/mol. The van der Waals surface area contributed by atoms with Gasteiger partial charge in [0, 0.05) is 11.4 Å². The molecule has 0 radical (unpaired) electrons. The quantitative estimate of drug-likeness (QED) is 0.871. The van der Waals surface area contributed by atoms with E-state index in [4.69, 9.17) is 0 Å². The van der Waals surface area contributed by atoms with Gasteiger partial charge in [0.15, 0.2) is 0 Å². The molecule has 1 aliphatic carbocycles. The number of thiophene rings is 1. The second-order valence-corrected chi connectivity index (χ2v) is 8.26. The highest BCUT2D eigenvalue weighted by Gasteiger charge is 2.42. The summed E-state index contributed by atoms with van der Waals surface area (Å²) in [5.41, 5.74) is -0.931. The number of hydrogen-bond acceptors (Lipinski definition) is 4. The van der Waals surface area contributed by atoms with Crippen molar-refractivity contribution in [3.05, 3.63) is 17.0 Å². The summed E-state index contributed by atoms with van der Waals surface area (Å²) in [7, 11) is -3.59. The topological polar surface area (TPSA) is 83.5 Å². The number of carboxylic acids is 1. The minimum absolute atomic E-state index is 0.0262. The van der Waals surface area contributed by atoms with Gasteiger partial charge in [0.2, 0.25) is 10.0 Å². The van der Waals surface area contributed by atoms with Crippen LogP contribution < -0.4 is 4.72 Å². The first kappa shape index (κ1) is 14.5. The maximum atomic E-state index is 12.1. The number of aliphatic carboxylic acids is 1. The van der Waals surface area contributed by atoms with E-state index in [1.807, 2.05) is 6.92 Å². The zero-order valence-electron chi connectivity index (χ0n) is 10.7. The van der Waals surface area contributed by atoms with Crippen molar-refractivity contribution < 1.29 is 18.3 Å². The van der Waals surface area contributed by atoms with Gasteiger partial charge in [-0.2, -0.15) is 0 Å². The van der Waals surface area contributed by atoms with Gasteiger partial charge in [-0.05, 0) is 31.9 Å². The molecule has 106 valence electrons. The molecule has 1 aromatic rings. The van der Waals surface area contributed by atoms with E-state index in [0.29, 0.717) is 12.8 Å². The summed E-state index contributed by atoms with van der Waals surface area (Å²) < 4.78 is 26.8. The molecule has 0 aromatic carbocycles. The molecule has 0 spiro atoms. The Morgan fingerprint density at radius 3 is 2.53 bits per heavy atom. The van der Waals surface area contributed by atoms with Crippen LogP contribution in [0.5, 0.6) is 0 Å². The van der Waals surface area contributed by atoms with Crippen molar-refractivity contribution in [3.8, 4) is 0 Å². The van der Waals surface area contributed by atoms with Crippen LogP contribution in [0.1, 0.15) is 30.6 Å². The van der Waals surface area contributed by atoms with Crippen LogP contribution in [-0.4, -0.2) is 26.0 Å². The van der Waals surface area contributed by atoms with E-state index in [1.165, 1.54) is 11.3 Å². The summed E-state index contributed by atoms with van der Waals surface area (Å²) >= 11 is 1.19. The van der Waals surface area contributed by atoms with Gasteiger partial charge in [-0.1, -0.05) is 12.8 Å². The standard InChI is InChI=1S/C12H17NO4S2/c1-9-4-5-10(18-9)19(16,17)13-8-12(11(14)15)6-2-3-7-12/h4-5,13H,2-3,6-8H2,1H3,(H,14,15). The number of rotatable bonds is 5. The predicted octanol–water partition coefficient (Wildman–Crippen LogP) is 1.98. The van der Waals surface area contributed by atoms with Crippen molar-refractivity contribution in [1.82, 2.24) is 4.72 Å². The van der Waals surface area contributed by atoms with Crippen molar-refractivity contribution in [2.24, 2.45) is 5.41 Å². The number of hydrogen-bond donors (Lipinski definition) is 2. The minimum atomic E-state index is -3.59. The molecule has 0 amide bonds. The zero-order valence-corrected chi connectivity index (χ0v) is 12.3. The molecule has 0 unspecified atom stereocenters. The Bertz CT molecular complexity index is 570. The minimum Gasteiger partial charge on any atom is -0.481 e. The van der Waals surface area contributed by atoms with Gasteiger partial charge in [-0.15, -0.1) is 11.3 Å². The summed E-state index contributed by atoms with van der Waals surface area (Å²) in [6.45, 7) is 1.81. The zero-order chi connectivity index (χ0) is 14.1. The van der Waals surface area contributed by atoms with Gasteiger partial charge in [0.05, 0.1) is 5.41 Å². The Labute approximate surface area is 116 Å². The first-order valence-corrected chi connectivity index (χ1v) is 8.45. The molecule has 0 bridgehead atoms. The third kappa shape index (κ3) is 2.98. The molecule has 0 aliphatic heterocycles. The molecule has 0 atom stereocenters. The molecule has 2 rings (SSSR count). The van der Waals surface area contributed by atoms with Gasteiger partial charge in [-0.3, -0.25) is 4.79 Å². The van der Waals surface area contributed by atoms with E-state index in [9.17, 15) is 18.3 Å². The summed E-state index contributed by atoms with van der Waals surface area (Å²) in [6, 6.07) is 3.28. The summed E-state index contributed by atoms with van der Waals surface area (Å²) in [5.74, 6) is -0.907. The smallest absolute Gasteiger partial charge is 0.310 e. The Balaban J connectivity index is 2.11. The lowest BCUT2D eigenvalue weighted by Gasteiger charge is -2.23. The highest BCUT2D eigenvalue weighted by atomic mass is 32.2. The van der Waals surface area contributed by atoms with E-state index < -0.39 is 21.4 Å². The largest absolute Gasteiger partial charge is 0.481 e. The van der Waals surface area contributed by atoms with Gasteiger partial charge in [0.1, 0.15) is 4.21 Å². The number of carboxylic acid groups (broad SMARTS) is 1. The van der Waals surface area contributed by atoms with Gasteiger partial charge in [-0.25, -0.2) is 13.1 Å². The average molecular weight is 303 g/mol. The van der Waals surface area contributed by atoms with Crippen LogP contribution in [0.4, 0.5) is 0 Å². The molecule has 2 N–H and O–H groups in total. The molecule has 1 saturated carbocycles. The normalized spacial score (nSPS) is 18.6. The van der Waals surface area contributed by atoms with Crippen LogP contribution in [-0.2, 0) is 14.8 Å². The SMILES string of the molecule is Cc1ccc(S(=O)(=O)NCC2(C(=O)O)CCCC2)s1. The monoisotopic (exact) mass is 303 g/mol. The van der Waals surface area contributed by atoms with Crippen molar-refractivity contribution >= 4 is 27.3 Å². The Morgan fingerprint density at radius 2 is 2.05 bits per heavy atom. The van der Waals surface area contributed by atoms with Gasteiger partial charge in [0.25, 0.3) is 0 Å². The highest BCUT2D eigenvalue weighted by Crippen LogP contribution is 2.38. The molecule has 0 saturated heterocycles. The maximum Gasteiger partial charge on any atom is 0.310 e. The van der Waals surface area contributed by atoms with Crippen LogP contribution in [0.15, 0.2) is 16.3 Å². The first-order valence-electron chi connectivity index (χ1n) is 6.15. The summed E-state index contributed by atoms with van der Waals surface area (Å²) in [5, 5.41) is 9.30. The molecule has 19 heavy (non-hydrogen) atoms.